The van der Waals surface area contributed by atoms with E-state index < -0.39 is 23.5 Å². The molecule has 1 N–H and O–H groups in total. The van der Waals surface area contributed by atoms with Crippen LogP contribution in [-0.4, -0.2) is 40.0 Å². The molecule has 1 spiro atoms. The van der Waals surface area contributed by atoms with E-state index in [1.165, 1.54) is 5.01 Å². The van der Waals surface area contributed by atoms with Crippen LogP contribution in [0, 0.1) is 0 Å². The Labute approximate surface area is 193 Å². The van der Waals surface area contributed by atoms with Gasteiger partial charge in [0, 0.05) is 6.42 Å². The molecule has 0 saturated carbocycles. The number of urea groups is 1. The molecule has 0 unspecified atom stereocenters. The fourth-order valence-electron chi connectivity index (χ4n) is 4.98. The summed E-state index contributed by atoms with van der Waals surface area (Å²) in [6.07, 6.45) is 3.24. The average molecular weight is 461 g/mol. The third-order valence-electron chi connectivity index (χ3n) is 6.56. The smallest absolute Gasteiger partial charge is 0.325 e. The molecular formula is C24H20N4O4S. The minimum atomic E-state index is -1.09. The van der Waals surface area contributed by atoms with Crippen molar-refractivity contribution in [2.45, 2.75) is 30.8 Å². The van der Waals surface area contributed by atoms with Crippen molar-refractivity contribution < 1.29 is 18.8 Å². The average Bonchev–Trinajstić information content (AvgIpc) is 3.62. The summed E-state index contributed by atoms with van der Waals surface area (Å²) in [6.45, 7) is -0.382. The Balaban J connectivity index is 1.28. The van der Waals surface area contributed by atoms with Gasteiger partial charge in [0.15, 0.2) is 0 Å². The molecule has 1 saturated heterocycles. The van der Waals surface area contributed by atoms with Gasteiger partial charge < -0.3 is 9.73 Å². The third-order valence-corrected chi connectivity index (χ3v) is 7.48. The molecule has 4 heterocycles. The lowest BCUT2D eigenvalue weighted by Gasteiger charge is -2.24. The highest BCUT2D eigenvalue weighted by molar-refractivity contribution is 7.12. The standard InChI is InChI=1S/C24H20N4O4S/c29-21(28-18(19-7-3-11-32-19)13-17(26-28)20-8-4-12-33-20)14-27-22(30)24(25-23(27)31)10-9-15-5-1-2-6-16(15)24/h1-8,11-12,18H,9-10,13-14H2,(H,25,31)/t18-,24+/m1/s1. The number of nitrogens with zero attached hydrogens (tertiary/aromatic N) is 3. The molecule has 0 radical (unpaired) electrons. The van der Waals surface area contributed by atoms with Crippen LogP contribution in [0.3, 0.4) is 0 Å². The Hall–Kier alpha value is -3.72. The van der Waals surface area contributed by atoms with Gasteiger partial charge in [0.2, 0.25) is 0 Å². The normalized spacial score (nSPS) is 23.9. The third kappa shape index (κ3) is 3.03. The van der Waals surface area contributed by atoms with Gasteiger partial charge in [0.25, 0.3) is 11.8 Å². The van der Waals surface area contributed by atoms with Gasteiger partial charge in [-0.15, -0.1) is 11.3 Å². The van der Waals surface area contributed by atoms with Crippen molar-refractivity contribution in [3.63, 3.8) is 0 Å². The van der Waals surface area contributed by atoms with Crippen molar-refractivity contribution in [3.05, 3.63) is 81.9 Å². The molecule has 2 aliphatic heterocycles. The number of hydrazone groups is 1. The second kappa shape index (κ2) is 7.41. The lowest BCUT2D eigenvalue weighted by molar-refractivity contribution is -0.140. The Bertz CT molecular complexity index is 1280. The SMILES string of the molecule is O=C1N[C@]2(CCc3ccccc32)C(=O)N1CC(=O)N1N=C(c2cccs2)C[C@@H]1c1ccco1. The molecule has 6 rings (SSSR count). The van der Waals surface area contributed by atoms with E-state index in [1.54, 1.807) is 29.7 Å². The van der Waals surface area contributed by atoms with Gasteiger partial charge in [-0.2, -0.15) is 5.10 Å². The number of rotatable bonds is 4. The van der Waals surface area contributed by atoms with Crippen LogP contribution in [0.25, 0.3) is 0 Å². The number of hydrogen-bond donors (Lipinski definition) is 1. The van der Waals surface area contributed by atoms with E-state index >= 15 is 0 Å². The van der Waals surface area contributed by atoms with E-state index in [2.05, 4.69) is 10.4 Å². The highest BCUT2D eigenvalue weighted by Gasteiger charge is 2.56. The Morgan fingerprint density at radius 3 is 2.85 bits per heavy atom. The van der Waals surface area contributed by atoms with Gasteiger partial charge >= 0.3 is 6.03 Å². The molecule has 33 heavy (non-hydrogen) atoms. The molecule has 0 bridgehead atoms. The van der Waals surface area contributed by atoms with E-state index in [-0.39, 0.29) is 12.5 Å². The van der Waals surface area contributed by atoms with Crippen molar-refractivity contribution >= 4 is 34.9 Å². The minimum absolute atomic E-state index is 0.382. The zero-order valence-corrected chi connectivity index (χ0v) is 18.4. The Kier molecular flexibility index (Phi) is 4.48. The number of benzene rings is 1. The first-order valence-electron chi connectivity index (χ1n) is 10.8. The molecule has 2 atom stereocenters. The predicted molar refractivity (Wildman–Crippen MR) is 120 cm³/mol. The van der Waals surface area contributed by atoms with Crippen LogP contribution < -0.4 is 5.32 Å². The van der Waals surface area contributed by atoms with E-state index in [4.69, 9.17) is 4.42 Å². The number of furan rings is 1. The summed E-state index contributed by atoms with van der Waals surface area (Å²) in [6, 6.07) is 14.1. The monoisotopic (exact) mass is 460 g/mol. The molecule has 9 heteroatoms. The summed E-state index contributed by atoms with van der Waals surface area (Å²) in [7, 11) is 0. The number of imide groups is 1. The van der Waals surface area contributed by atoms with Crippen LogP contribution in [0.4, 0.5) is 4.79 Å². The molecule has 1 aliphatic carbocycles. The maximum atomic E-state index is 13.4. The Morgan fingerprint density at radius 2 is 2.06 bits per heavy atom. The number of carbonyl (C=O) groups excluding carboxylic acids is 3. The molecule has 2 aromatic heterocycles. The van der Waals surface area contributed by atoms with Gasteiger partial charge in [0.05, 0.1) is 16.9 Å². The first-order valence-corrected chi connectivity index (χ1v) is 11.6. The lowest BCUT2D eigenvalue weighted by atomic mass is 9.92. The van der Waals surface area contributed by atoms with Crippen molar-refractivity contribution in [3.8, 4) is 0 Å². The second-order valence-electron chi connectivity index (χ2n) is 8.38. The number of nitrogens with one attached hydrogen (secondary N) is 1. The molecule has 3 aromatic rings. The zero-order chi connectivity index (χ0) is 22.6. The molecule has 166 valence electrons. The summed E-state index contributed by atoms with van der Waals surface area (Å²) in [5.41, 5.74) is 1.54. The summed E-state index contributed by atoms with van der Waals surface area (Å²) in [4.78, 5) is 41.6. The van der Waals surface area contributed by atoms with Gasteiger partial charge in [-0.1, -0.05) is 30.3 Å². The van der Waals surface area contributed by atoms with Crippen LogP contribution in [0.15, 0.2) is 69.7 Å². The second-order valence-corrected chi connectivity index (χ2v) is 9.33. The largest absolute Gasteiger partial charge is 0.467 e. The first-order chi connectivity index (χ1) is 16.1. The summed E-state index contributed by atoms with van der Waals surface area (Å²) < 4.78 is 5.57. The van der Waals surface area contributed by atoms with Crippen LogP contribution in [0.5, 0.6) is 0 Å². The van der Waals surface area contributed by atoms with E-state index in [0.717, 1.165) is 26.6 Å². The van der Waals surface area contributed by atoms with Crippen molar-refractivity contribution in [2.24, 2.45) is 5.10 Å². The molecule has 4 amide bonds. The fourth-order valence-corrected chi connectivity index (χ4v) is 5.70. The minimum Gasteiger partial charge on any atom is -0.467 e. The van der Waals surface area contributed by atoms with E-state index in [1.807, 2.05) is 41.8 Å². The Morgan fingerprint density at radius 1 is 1.18 bits per heavy atom. The van der Waals surface area contributed by atoms with E-state index in [0.29, 0.717) is 25.0 Å². The topological polar surface area (TPSA) is 95.2 Å². The molecule has 1 aromatic carbocycles. The highest BCUT2D eigenvalue weighted by Crippen LogP contribution is 2.41. The highest BCUT2D eigenvalue weighted by atomic mass is 32.1. The van der Waals surface area contributed by atoms with Crippen LogP contribution >= 0.6 is 11.3 Å². The quantitative estimate of drug-likeness (QED) is 0.604. The molecule has 8 nitrogen and oxygen atoms in total. The summed E-state index contributed by atoms with van der Waals surface area (Å²) in [5.74, 6) is -0.214. The number of thiophene rings is 1. The van der Waals surface area contributed by atoms with Gasteiger partial charge in [-0.3, -0.25) is 14.5 Å². The van der Waals surface area contributed by atoms with Gasteiger partial charge in [0.1, 0.15) is 23.9 Å². The van der Waals surface area contributed by atoms with Crippen molar-refractivity contribution in [1.29, 1.82) is 0 Å². The van der Waals surface area contributed by atoms with E-state index in [9.17, 15) is 14.4 Å². The molecular weight excluding hydrogens is 440 g/mol. The van der Waals surface area contributed by atoms with Crippen molar-refractivity contribution in [2.75, 3.05) is 6.54 Å². The number of fused-ring (bicyclic) bond motifs is 2. The maximum Gasteiger partial charge on any atom is 0.325 e. The number of amides is 4. The van der Waals surface area contributed by atoms with Crippen LogP contribution in [-0.2, 0) is 21.5 Å². The zero-order valence-electron chi connectivity index (χ0n) is 17.6. The molecule has 1 fully saturated rings. The van der Waals surface area contributed by atoms with Gasteiger partial charge in [-0.25, -0.2) is 9.80 Å². The maximum absolute atomic E-state index is 13.4. The number of carbonyl (C=O) groups is 3. The van der Waals surface area contributed by atoms with Crippen molar-refractivity contribution in [1.82, 2.24) is 15.2 Å². The first kappa shape index (κ1) is 19.9. The van der Waals surface area contributed by atoms with Crippen LogP contribution in [0.1, 0.15) is 40.6 Å². The lowest BCUT2D eigenvalue weighted by Crippen LogP contribution is -2.44. The summed E-state index contributed by atoms with van der Waals surface area (Å²) in [5, 5.41) is 10.7. The molecule has 3 aliphatic rings. The van der Waals surface area contributed by atoms with Crippen LogP contribution in [0.2, 0.25) is 0 Å². The summed E-state index contributed by atoms with van der Waals surface area (Å²) >= 11 is 1.55. The fraction of sp³-hybridized carbons (Fsp3) is 0.250. The van der Waals surface area contributed by atoms with Gasteiger partial charge in [-0.05, 0) is 47.5 Å². The number of aryl methyl sites for hydroxylation is 1. The number of hydrogen-bond acceptors (Lipinski definition) is 6. The predicted octanol–water partition coefficient (Wildman–Crippen LogP) is 3.41.